The molecule has 0 amide bonds. The fourth-order valence-corrected chi connectivity index (χ4v) is 16.9. The summed E-state index contributed by atoms with van der Waals surface area (Å²) in [6.07, 6.45) is -35.4. The minimum atomic E-state index is -5.26. The molecule has 10 rings (SSSR count). The first-order valence-corrected chi connectivity index (χ1v) is 29.9. The normalized spacial score (nSPS) is 52.4. The Morgan fingerprint density at radius 3 is 1.94 bits per heavy atom. The summed E-state index contributed by atoms with van der Waals surface area (Å²) in [6, 6.07) is 0. The van der Waals surface area contributed by atoms with Crippen LogP contribution in [-0.4, -0.2) is 262 Å². The molecule has 0 aromatic rings. The van der Waals surface area contributed by atoms with Crippen LogP contribution >= 0.6 is 0 Å². The van der Waals surface area contributed by atoms with E-state index in [2.05, 4.69) is 40.3 Å². The van der Waals surface area contributed by atoms with Crippen molar-refractivity contribution < 1.29 is 135 Å². The van der Waals surface area contributed by atoms with Crippen LogP contribution < -0.4 is 0 Å². The van der Waals surface area contributed by atoms with Gasteiger partial charge < -0.3 is 113 Å². The lowest BCUT2D eigenvalue weighted by Crippen LogP contribution is -2.68. The number of hydrogen-bond donors (Lipinski definition) is 12. The van der Waals surface area contributed by atoms with E-state index in [9.17, 15) is 73.9 Å². The number of carbonyl (C=O) groups excluding carboxylic acids is 1. The average Bonchev–Trinajstić information content (AvgIpc) is 1.89. The number of rotatable bonds is 16. The molecule has 31 atom stereocenters. The standard InChI is InChI=1S/C54H84O28S/c1-20(2)31-25-15-53(7)23-9-10-29-51(4,5)30(12-13-52(29,6)22(23)11-14-54(31,53)50(66)76-25)77-48-43(34(60)28(19-72-48)82-83(67,68)69)81-49-44(80-46-36(62)35(61)32(58)26(16-55)74-46)37(63)40(21(3)73-49)78-47-39(65)42(33(59)27(17-56)75-47)79-45-38(64)41(70-8)24(57)18-71-45/h9,21-22,24-49,55-65H,1,10-19H2,2-8H3,(H,67,68,69)/t21-,22?,24-,25+,26-,27-,28-,29?,30+,31+,32-,33-,34+,35+,36-,37+,38-,39-,40-,41+,42+,43-,44-,45+,46+,47+,48+,49+,52-,53+,54-/m1/s1. The summed E-state index contributed by atoms with van der Waals surface area (Å²) >= 11 is 0. The van der Waals surface area contributed by atoms with E-state index >= 15 is 0 Å². The molecule has 1 spiro atoms. The van der Waals surface area contributed by atoms with E-state index < -0.39 is 194 Å². The van der Waals surface area contributed by atoms with Crippen LogP contribution in [0.2, 0.25) is 0 Å². The Morgan fingerprint density at radius 1 is 0.687 bits per heavy atom. The van der Waals surface area contributed by atoms with Gasteiger partial charge in [0.25, 0.3) is 0 Å². The zero-order chi connectivity index (χ0) is 60.4. The molecule has 83 heavy (non-hydrogen) atoms. The SMILES string of the molecule is C=C(C)[C@H]1[C@@H]2C[C@@]3(C)C4=CCC5C(C)(C)[C@@H](O[C@@H]6OC[C@@H](OS(=O)(=O)O)[C@H](O)[C@H]6O[C@@H]6O[C@H](C)[C@@H](O[C@@H]7O[C@H](CO)[C@@H](O)[C@H](O[C@@H]8OC[C@@H](O)[C@H](OC)[C@H]8O)[C@H]7O)[C@H](O)[C@H]6O[C@@H]6O[C@H](CO)[C@@H](O)[C@H](O)[C@H]6O)CC[C@]5(C)C4CC[C@]13C(=O)O2. The molecule has 4 aliphatic carbocycles. The minimum Gasteiger partial charge on any atom is -0.461 e. The summed E-state index contributed by atoms with van der Waals surface area (Å²) in [6.45, 7) is 13.5. The summed E-state index contributed by atoms with van der Waals surface area (Å²) in [4.78, 5) is 13.8. The molecule has 2 bridgehead atoms. The van der Waals surface area contributed by atoms with Crippen LogP contribution in [0.25, 0.3) is 0 Å². The third-order valence-corrected chi connectivity index (χ3v) is 21.1. The Labute approximate surface area is 480 Å². The molecule has 0 aromatic carbocycles. The van der Waals surface area contributed by atoms with Gasteiger partial charge in [-0.1, -0.05) is 51.5 Å². The lowest BCUT2D eigenvalue weighted by atomic mass is 9.40. The van der Waals surface area contributed by atoms with Crippen molar-refractivity contribution in [3.05, 3.63) is 23.8 Å². The van der Waals surface area contributed by atoms with Crippen molar-refractivity contribution in [3.8, 4) is 0 Å². The molecule has 29 heteroatoms. The highest BCUT2D eigenvalue weighted by molar-refractivity contribution is 7.80. The Morgan fingerprint density at radius 2 is 1.29 bits per heavy atom. The molecular weight excluding hydrogens is 1130 g/mol. The summed E-state index contributed by atoms with van der Waals surface area (Å²) in [7, 11) is -4.04. The van der Waals surface area contributed by atoms with Crippen molar-refractivity contribution in [2.45, 2.75) is 234 Å². The molecule has 6 aliphatic heterocycles. The minimum absolute atomic E-state index is 0.00861. The summed E-state index contributed by atoms with van der Waals surface area (Å²) in [5.41, 5.74) is 0.167. The van der Waals surface area contributed by atoms with Gasteiger partial charge in [0.2, 0.25) is 0 Å². The molecule has 0 aromatic heterocycles. The van der Waals surface area contributed by atoms with Crippen LogP contribution in [0.1, 0.15) is 80.1 Å². The highest BCUT2D eigenvalue weighted by atomic mass is 32.3. The van der Waals surface area contributed by atoms with E-state index in [-0.39, 0.29) is 41.8 Å². The first-order valence-electron chi connectivity index (χ1n) is 28.5. The molecule has 12 N–H and O–H groups in total. The number of aliphatic hydroxyl groups is 11. The maximum absolute atomic E-state index is 13.8. The lowest BCUT2D eigenvalue weighted by Gasteiger charge is -2.64. The molecule has 10 aliphatic rings. The van der Waals surface area contributed by atoms with Gasteiger partial charge in [-0.05, 0) is 75.0 Å². The van der Waals surface area contributed by atoms with Crippen molar-refractivity contribution in [2.24, 2.45) is 39.4 Å². The molecule has 28 nitrogen and oxygen atoms in total. The topological polar surface area (TPSA) is 414 Å². The summed E-state index contributed by atoms with van der Waals surface area (Å²) in [5, 5.41) is 122. The quantitative estimate of drug-likeness (QED) is 0.0415. The second-order valence-corrected chi connectivity index (χ2v) is 26.6. The van der Waals surface area contributed by atoms with Gasteiger partial charge in [0, 0.05) is 18.4 Å². The molecule has 0 radical (unpaired) electrons. The van der Waals surface area contributed by atoms with Crippen molar-refractivity contribution >= 4 is 16.4 Å². The number of fused-ring (bicyclic) bond motifs is 5. The Kier molecular flexibility index (Phi) is 18.3. The van der Waals surface area contributed by atoms with Gasteiger partial charge in [-0.15, -0.1) is 0 Å². The number of hydrogen-bond acceptors (Lipinski definition) is 27. The number of esters is 1. The second-order valence-electron chi connectivity index (χ2n) is 25.5. The van der Waals surface area contributed by atoms with Crippen LogP contribution in [0, 0.1) is 39.4 Å². The number of methoxy groups -OCH3 is 1. The Hall–Kier alpha value is -2.06. The third kappa shape index (κ3) is 10.8. The van der Waals surface area contributed by atoms with E-state index in [1.165, 1.54) is 19.6 Å². The van der Waals surface area contributed by atoms with Crippen LogP contribution in [0.4, 0.5) is 0 Å². The highest BCUT2D eigenvalue weighted by Gasteiger charge is 2.76. The molecule has 3 saturated carbocycles. The Bertz CT molecular complexity index is 2490. The average molecular weight is 1210 g/mol. The van der Waals surface area contributed by atoms with Crippen molar-refractivity contribution in [2.75, 3.05) is 33.5 Å². The monoisotopic (exact) mass is 1210 g/mol. The van der Waals surface area contributed by atoms with Crippen LogP contribution in [0.5, 0.6) is 0 Å². The number of allylic oxidation sites excluding steroid dienone is 2. The largest absolute Gasteiger partial charge is 0.461 e. The van der Waals surface area contributed by atoms with Gasteiger partial charge in [-0.25, -0.2) is 4.18 Å². The Balaban J connectivity index is 0.924. The second kappa shape index (κ2) is 23.7. The highest BCUT2D eigenvalue weighted by Crippen LogP contribution is 2.76. The van der Waals surface area contributed by atoms with Gasteiger partial charge in [-0.3, -0.25) is 9.35 Å². The van der Waals surface area contributed by atoms with Crippen molar-refractivity contribution in [3.63, 3.8) is 0 Å². The van der Waals surface area contributed by atoms with E-state index in [1.54, 1.807) is 0 Å². The molecule has 2 unspecified atom stereocenters. The van der Waals surface area contributed by atoms with Gasteiger partial charge in [0.05, 0.1) is 44.1 Å². The lowest BCUT2D eigenvalue weighted by molar-refractivity contribution is -0.405. The van der Waals surface area contributed by atoms with E-state index in [0.717, 1.165) is 12.0 Å². The van der Waals surface area contributed by atoms with Gasteiger partial charge in [0.15, 0.2) is 31.5 Å². The first-order chi connectivity index (χ1) is 39.0. The number of carbonyl (C=O) groups is 1. The zero-order valence-corrected chi connectivity index (χ0v) is 48.1. The van der Waals surface area contributed by atoms with E-state index in [0.29, 0.717) is 32.1 Å². The first kappa shape index (κ1) is 63.9. The molecular formula is C54H84O28S. The third-order valence-electron chi connectivity index (χ3n) is 20.6. The van der Waals surface area contributed by atoms with Crippen LogP contribution in [0.15, 0.2) is 23.8 Å². The van der Waals surface area contributed by atoms with Gasteiger partial charge in [0.1, 0.15) is 110 Å². The van der Waals surface area contributed by atoms with Crippen molar-refractivity contribution in [1.82, 2.24) is 0 Å². The predicted molar refractivity (Wildman–Crippen MR) is 274 cm³/mol. The van der Waals surface area contributed by atoms with E-state index in [1.807, 2.05) is 6.92 Å². The number of aliphatic hydroxyl groups excluding tert-OH is 11. The number of ether oxygens (including phenoxy) is 12. The van der Waals surface area contributed by atoms with Crippen LogP contribution in [0.3, 0.4) is 0 Å². The summed E-state index contributed by atoms with van der Waals surface area (Å²) in [5.74, 6) is -0.120. The predicted octanol–water partition coefficient (Wildman–Crippen LogP) is -3.05. The zero-order valence-electron chi connectivity index (χ0n) is 47.3. The molecule has 6 saturated heterocycles. The fourth-order valence-electron chi connectivity index (χ4n) is 16.4. The van der Waals surface area contributed by atoms with Gasteiger partial charge in [-0.2, -0.15) is 8.42 Å². The maximum atomic E-state index is 13.8. The molecule has 474 valence electrons. The molecule has 9 fully saturated rings. The fraction of sp³-hybridized carbons (Fsp3) is 0.907. The summed E-state index contributed by atoms with van der Waals surface area (Å²) < 4.78 is 111. The van der Waals surface area contributed by atoms with Crippen LogP contribution in [-0.2, 0) is 76.2 Å². The molecule has 6 heterocycles. The smallest absolute Gasteiger partial charge is 0.397 e. The van der Waals surface area contributed by atoms with E-state index in [4.69, 9.17) is 61.0 Å². The van der Waals surface area contributed by atoms with Crippen molar-refractivity contribution in [1.29, 1.82) is 0 Å². The van der Waals surface area contributed by atoms with Gasteiger partial charge >= 0.3 is 16.4 Å². The maximum Gasteiger partial charge on any atom is 0.397 e.